The Morgan fingerprint density at radius 1 is 1.55 bits per heavy atom. The first-order chi connectivity index (χ1) is 5.31. The Morgan fingerprint density at radius 2 is 2.27 bits per heavy atom. The van der Waals surface area contributed by atoms with Gasteiger partial charge in [-0.1, -0.05) is 0 Å². The predicted octanol–water partition coefficient (Wildman–Crippen LogP) is -0.971. The number of hydrogen-bond acceptors (Lipinski definition) is 4. The summed E-state index contributed by atoms with van der Waals surface area (Å²) >= 11 is 0. The van der Waals surface area contributed by atoms with Crippen molar-refractivity contribution in [3.8, 4) is 0 Å². The molecule has 5 heteroatoms. The van der Waals surface area contributed by atoms with Gasteiger partial charge in [0.2, 0.25) is 0 Å². The van der Waals surface area contributed by atoms with Gasteiger partial charge >= 0.3 is 0 Å². The summed E-state index contributed by atoms with van der Waals surface area (Å²) in [4.78, 5) is 10.5. The van der Waals surface area contributed by atoms with Gasteiger partial charge in [0, 0.05) is 20.3 Å². The van der Waals surface area contributed by atoms with Crippen LogP contribution in [0.25, 0.3) is 0 Å². The van der Waals surface area contributed by atoms with Crippen LogP contribution in [0.4, 0.5) is 0 Å². The number of carbonyl (C=O) groups excluding carboxylic acids is 1. The van der Waals surface area contributed by atoms with Crippen molar-refractivity contribution >= 4 is 5.91 Å². The third kappa shape index (κ3) is 7.24. The predicted molar refractivity (Wildman–Crippen MR) is 39.6 cm³/mol. The zero-order valence-electron chi connectivity index (χ0n) is 6.63. The molecule has 0 rings (SSSR count). The third-order valence-electron chi connectivity index (χ3n) is 1.03. The highest BCUT2D eigenvalue weighted by Gasteiger charge is 1.96. The minimum atomic E-state index is -0.317. The number of hydrogen-bond donors (Lipinski definition) is 2. The molecule has 0 aromatic carbocycles. The number of nitrogens with one attached hydrogen (secondary N) is 1. The van der Waals surface area contributed by atoms with Crippen molar-refractivity contribution in [1.82, 2.24) is 5.43 Å². The molecule has 0 aliphatic carbocycles. The van der Waals surface area contributed by atoms with Crippen molar-refractivity contribution in [2.75, 3.05) is 26.9 Å². The Balaban J connectivity index is 2.95. The van der Waals surface area contributed by atoms with Crippen LogP contribution in [-0.2, 0) is 14.3 Å². The van der Waals surface area contributed by atoms with Crippen LogP contribution in [0.5, 0.6) is 0 Å². The molecule has 0 fully saturated rings. The van der Waals surface area contributed by atoms with E-state index in [2.05, 4.69) is 0 Å². The van der Waals surface area contributed by atoms with E-state index < -0.39 is 0 Å². The van der Waals surface area contributed by atoms with Crippen LogP contribution in [0.3, 0.4) is 0 Å². The lowest BCUT2D eigenvalue weighted by molar-refractivity contribution is -0.125. The van der Waals surface area contributed by atoms with E-state index in [-0.39, 0.29) is 12.5 Å². The number of ether oxygens (including phenoxy) is 2. The zero-order chi connectivity index (χ0) is 8.53. The number of hydrazine groups is 1. The number of methoxy groups -OCH3 is 1. The summed E-state index contributed by atoms with van der Waals surface area (Å²) in [6, 6.07) is 0. The van der Waals surface area contributed by atoms with Gasteiger partial charge < -0.3 is 9.47 Å². The lowest BCUT2D eigenvalue weighted by Crippen LogP contribution is -2.33. The first kappa shape index (κ1) is 10.3. The van der Waals surface area contributed by atoms with Gasteiger partial charge in [-0.3, -0.25) is 10.2 Å². The molecule has 0 radical (unpaired) electrons. The molecule has 11 heavy (non-hydrogen) atoms. The first-order valence-electron chi connectivity index (χ1n) is 3.37. The molecule has 0 saturated heterocycles. The van der Waals surface area contributed by atoms with Crippen molar-refractivity contribution in [1.29, 1.82) is 0 Å². The fourth-order valence-corrected chi connectivity index (χ4v) is 0.512. The Kier molecular flexibility index (Phi) is 7.02. The summed E-state index contributed by atoms with van der Waals surface area (Å²) < 4.78 is 9.69. The van der Waals surface area contributed by atoms with E-state index in [1.54, 1.807) is 7.11 Å². The molecule has 5 nitrogen and oxygen atoms in total. The molecule has 66 valence electrons. The summed E-state index contributed by atoms with van der Waals surface area (Å²) in [6.45, 7) is 1.17. The van der Waals surface area contributed by atoms with Gasteiger partial charge in [0.1, 0.15) is 6.61 Å². The van der Waals surface area contributed by atoms with E-state index in [1.165, 1.54) is 0 Å². The average molecular weight is 162 g/mol. The third-order valence-corrected chi connectivity index (χ3v) is 1.03. The molecule has 0 saturated carbocycles. The van der Waals surface area contributed by atoms with Gasteiger partial charge in [-0.05, 0) is 6.42 Å². The van der Waals surface area contributed by atoms with Gasteiger partial charge in [-0.2, -0.15) is 0 Å². The Bertz CT molecular complexity index is 108. The van der Waals surface area contributed by atoms with Gasteiger partial charge in [-0.25, -0.2) is 5.84 Å². The smallest absolute Gasteiger partial charge is 0.259 e. The van der Waals surface area contributed by atoms with Gasteiger partial charge in [0.05, 0.1) is 0 Å². The molecular weight excluding hydrogens is 148 g/mol. The van der Waals surface area contributed by atoms with Gasteiger partial charge in [0.15, 0.2) is 0 Å². The van der Waals surface area contributed by atoms with Crippen LogP contribution in [0.2, 0.25) is 0 Å². The molecule has 0 unspecified atom stereocenters. The second-order valence-corrected chi connectivity index (χ2v) is 1.97. The monoisotopic (exact) mass is 162 g/mol. The van der Waals surface area contributed by atoms with E-state index >= 15 is 0 Å². The number of rotatable bonds is 6. The quantitative estimate of drug-likeness (QED) is 0.228. The molecule has 0 aliphatic heterocycles. The van der Waals surface area contributed by atoms with E-state index in [0.717, 1.165) is 6.42 Å². The number of carbonyl (C=O) groups is 1. The lowest BCUT2D eigenvalue weighted by Gasteiger charge is -2.01. The van der Waals surface area contributed by atoms with Crippen LogP contribution < -0.4 is 11.3 Å². The Morgan fingerprint density at radius 3 is 2.82 bits per heavy atom. The van der Waals surface area contributed by atoms with E-state index in [1.807, 2.05) is 5.43 Å². The van der Waals surface area contributed by atoms with Crippen LogP contribution in [0, 0.1) is 0 Å². The summed E-state index contributed by atoms with van der Waals surface area (Å²) in [7, 11) is 1.62. The van der Waals surface area contributed by atoms with E-state index in [9.17, 15) is 4.79 Å². The fourth-order valence-electron chi connectivity index (χ4n) is 0.512. The van der Waals surface area contributed by atoms with Crippen molar-refractivity contribution in [3.63, 3.8) is 0 Å². The second kappa shape index (κ2) is 7.46. The molecule has 0 atom stereocenters. The Labute approximate surface area is 65.8 Å². The van der Waals surface area contributed by atoms with E-state index in [4.69, 9.17) is 15.3 Å². The van der Waals surface area contributed by atoms with E-state index in [0.29, 0.717) is 13.2 Å². The van der Waals surface area contributed by atoms with Crippen molar-refractivity contribution in [3.05, 3.63) is 0 Å². The maximum absolute atomic E-state index is 10.5. The molecule has 0 heterocycles. The normalized spacial score (nSPS) is 9.64. The summed E-state index contributed by atoms with van der Waals surface area (Å²) in [5, 5.41) is 0. The fraction of sp³-hybridized carbons (Fsp3) is 0.833. The molecule has 0 spiro atoms. The van der Waals surface area contributed by atoms with Crippen LogP contribution >= 0.6 is 0 Å². The van der Waals surface area contributed by atoms with Crippen molar-refractivity contribution in [2.24, 2.45) is 5.84 Å². The lowest BCUT2D eigenvalue weighted by atomic mass is 10.5. The molecule has 0 bridgehead atoms. The van der Waals surface area contributed by atoms with Crippen molar-refractivity contribution < 1.29 is 14.3 Å². The molecule has 0 aromatic rings. The Hall–Kier alpha value is -0.650. The average Bonchev–Trinajstić information content (AvgIpc) is 2.04. The summed E-state index contributed by atoms with van der Waals surface area (Å²) in [6.07, 6.45) is 0.786. The summed E-state index contributed by atoms with van der Waals surface area (Å²) in [5.74, 6) is 4.49. The number of nitrogens with two attached hydrogens (primary N) is 1. The van der Waals surface area contributed by atoms with Crippen LogP contribution in [0.1, 0.15) is 6.42 Å². The zero-order valence-corrected chi connectivity index (χ0v) is 6.63. The number of amides is 1. The minimum absolute atomic E-state index is 0.0141. The second-order valence-electron chi connectivity index (χ2n) is 1.97. The SMILES string of the molecule is COCCCOCC(=O)NN. The standard InChI is InChI=1S/C6H14N2O3/c1-10-3-2-4-11-5-6(9)8-7/h2-5,7H2,1H3,(H,8,9). The molecular formula is C6H14N2O3. The van der Waals surface area contributed by atoms with Crippen LogP contribution in [-0.4, -0.2) is 32.8 Å². The van der Waals surface area contributed by atoms with Gasteiger partial charge in [-0.15, -0.1) is 0 Å². The largest absolute Gasteiger partial charge is 0.385 e. The maximum Gasteiger partial charge on any atom is 0.259 e. The summed E-state index contributed by atoms with van der Waals surface area (Å²) in [5.41, 5.74) is 1.96. The topological polar surface area (TPSA) is 73.6 Å². The first-order valence-corrected chi connectivity index (χ1v) is 3.37. The highest BCUT2D eigenvalue weighted by Crippen LogP contribution is 1.82. The molecule has 3 N–H and O–H groups in total. The molecule has 0 aromatic heterocycles. The maximum atomic E-state index is 10.5. The molecule has 0 aliphatic rings. The molecule has 1 amide bonds. The highest BCUT2D eigenvalue weighted by molar-refractivity contribution is 5.76. The van der Waals surface area contributed by atoms with Gasteiger partial charge in [0.25, 0.3) is 5.91 Å². The minimum Gasteiger partial charge on any atom is -0.385 e. The highest BCUT2D eigenvalue weighted by atomic mass is 16.5. The van der Waals surface area contributed by atoms with Crippen LogP contribution in [0.15, 0.2) is 0 Å². The van der Waals surface area contributed by atoms with Crippen molar-refractivity contribution in [2.45, 2.75) is 6.42 Å².